The molecule has 0 aromatic heterocycles. The van der Waals surface area contributed by atoms with Crippen LogP contribution in [0.3, 0.4) is 0 Å². The van der Waals surface area contributed by atoms with Crippen LogP contribution < -0.4 is 4.72 Å². The molecule has 1 aliphatic heterocycles. The van der Waals surface area contributed by atoms with Crippen LogP contribution in [0.2, 0.25) is 0 Å². The molecule has 4 nitrogen and oxygen atoms in total. The second-order valence-electron chi connectivity index (χ2n) is 9.79. The molecule has 0 bridgehead atoms. The number of hydrogen-bond donors (Lipinski definition) is 1. The van der Waals surface area contributed by atoms with E-state index in [1.807, 2.05) is 19.1 Å². The number of para-hydroxylation sites is 1. The van der Waals surface area contributed by atoms with Crippen molar-refractivity contribution in [2.45, 2.75) is 103 Å². The van der Waals surface area contributed by atoms with Gasteiger partial charge in [-0.05, 0) is 61.7 Å². The summed E-state index contributed by atoms with van der Waals surface area (Å²) in [5.41, 5.74) is 1.91. The molecule has 31 heavy (non-hydrogen) atoms. The maximum Gasteiger partial charge on any atom is 0.235 e. The zero-order valence-corrected chi connectivity index (χ0v) is 21.4. The third-order valence-corrected chi connectivity index (χ3v) is 9.41. The fourth-order valence-electron chi connectivity index (χ4n) is 5.00. The molecule has 1 N–H and O–H groups in total. The lowest BCUT2D eigenvalue weighted by atomic mass is 9.67. The number of rotatable bonds is 13. The number of anilines is 1. The first-order valence-electron chi connectivity index (χ1n) is 12.6. The zero-order valence-electron chi connectivity index (χ0n) is 20.6. The van der Waals surface area contributed by atoms with Gasteiger partial charge in [0, 0.05) is 6.54 Å². The van der Waals surface area contributed by atoms with E-state index in [-0.39, 0.29) is 10.7 Å². The van der Waals surface area contributed by atoms with Gasteiger partial charge in [-0.15, -0.1) is 0 Å². The van der Waals surface area contributed by atoms with Crippen molar-refractivity contribution >= 4 is 15.7 Å². The molecule has 1 saturated heterocycles. The summed E-state index contributed by atoms with van der Waals surface area (Å²) in [5, 5.41) is -0.323. The molecule has 0 aliphatic carbocycles. The van der Waals surface area contributed by atoms with Crippen molar-refractivity contribution in [1.29, 1.82) is 0 Å². The minimum atomic E-state index is -3.39. The molecule has 1 fully saturated rings. The van der Waals surface area contributed by atoms with Crippen molar-refractivity contribution in [1.82, 2.24) is 4.90 Å². The predicted octanol–water partition coefficient (Wildman–Crippen LogP) is 6.58. The van der Waals surface area contributed by atoms with E-state index in [2.05, 4.69) is 49.4 Å². The minimum Gasteiger partial charge on any atom is -0.303 e. The van der Waals surface area contributed by atoms with Crippen LogP contribution in [0.1, 0.15) is 98.0 Å². The van der Waals surface area contributed by atoms with Crippen molar-refractivity contribution in [3.05, 3.63) is 29.8 Å². The second kappa shape index (κ2) is 12.2. The largest absolute Gasteiger partial charge is 0.303 e. The Morgan fingerprint density at radius 3 is 2.45 bits per heavy atom. The van der Waals surface area contributed by atoms with Crippen LogP contribution in [0.25, 0.3) is 0 Å². The van der Waals surface area contributed by atoms with Crippen LogP contribution in [0.5, 0.6) is 0 Å². The van der Waals surface area contributed by atoms with E-state index in [9.17, 15) is 8.42 Å². The standard InChI is InChI=1S/C26H46N2O2S/c1-6-9-11-14-19-28-20-18-26(5,22(4)21-28)24-16-12-13-17-25(24)27-31(29,30)23(8-3)15-10-7-2/h12-13,16-17,22-23,27H,6-11,14-15,18-21H2,1-5H3. The Morgan fingerprint density at radius 1 is 1.10 bits per heavy atom. The molecule has 3 unspecified atom stereocenters. The first kappa shape index (κ1) is 26.2. The van der Waals surface area contributed by atoms with E-state index in [1.165, 1.54) is 32.2 Å². The first-order valence-corrected chi connectivity index (χ1v) is 14.2. The van der Waals surface area contributed by atoms with Gasteiger partial charge >= 0.3 is 0 Å². The molecule has 1 heterocycles. The van der Waals surface area contributed by atoms with Crippen molar-refractivity contribution < 1.29 is 8.42 Å². The monoisotopic (exact) mass is 450 g/mol. The predicted molar refractivity (Wildman–Crippen MR) is 134 cm³/mol. The fourth-order valence-corrected chi connectivity index (χ4v) is 6.57. The van der Waals surface area contributed by atoms with Gasteiger partial charge in [0.2, 0.25) is 10.0 Å². The lowest BCUT2D eigenvalue weighted by Crippen LogP contribution is -2.47. The quantitative estimate of drug-likeness (QED) is 0.345. The summed E-state index contributed by atoms with van der Waals surface area (Å²) in [5.74, 6) is 0.472. The van der Waals surface area contributed by atoms with Gasteiger partial charge in [-0.1, -0.05) is 84.9 Å². The van der Waals surface area contributed by atoms with Crippen molar-refractivity contribution in [3.63, 3.8) is 0 Å². The summed E-state index contributed by atoms with van der Waals surface area (Å²) < 4.78 is 29.3. The Labute approximate surface area is 192 Å². The van der Waals surface area contributed by atoms with Crippen LogP contribution in [-0.4, -0.2) is 38.2 Å². The zero-order chi connectivity index (χ0) is 22.9. The lowest BCUT2D eigenvalue weighted by Gasteiger charge is -2.46. The van der Waals surface area contributed by atoms with Crippen LogP contribution >= 0.6 is 0 Å². The van der Waals surface area contributed by atoms with Crippen molar-refractivity contribution in [3.8, 4) is 0 Å². The number of hydrogen-bond acceptors (Lipinski definition) is 3. The van der Waals surface area contributed by atoms with Gasteiger partial charge in [0.25, 0.3) is 0 Å². The maximum absolute atomic E-state index is 13.2. The highest BCUT2D eigenvalue weighted by atomic mass is 32.2. The highest BCUT2D eigenvalue weighted by Gasteiger charge is 2.39. The molecule has 2 rings (SSSR count). The Morgan fingerprint density at radius 2 is 1.81 bits per heavy atom. The first-order chi connectivity index (χ1) is 14.8. The van der Waals surface area contributed by atoms with E-state index in [0.717, 1.165) is 50.0 Å². The average Bonchev–Trinajstić information content (AvgIpc) is 2.74. The van der Waals surface area contributed by atoms with Crippen LogP contribution in [0.15, 0.2) is 24.3 Å². The van der Waals surface area contributed by atoms with E-state index >= 15 is 0 Å². The molecule has 5 heteroatoms. The topological polar surface area (TPSA) is 49.4 Å². The molecule has 178 valence electrons. The second-order valence-corrected chi connectivity index (χ2v) is 11.8. The third-order valence-electron chi connectivity index (χ3n) is 7.46. The molecule has 0 radical (unpaired) electrons. The van der Waals surface area contributed by atoms with Crippen molar-refractivity contribution in [2.75, 3.05) is 24.4 Å². The smallest absolute Gasteiger partial charge is 0.235 e. The number of unbranched alkanes of at least 4 members (excludes halogenated alkanes) is 4. The summed E-state index contributed by atoms with van der Waals surface area (Å²) in [6, 6.07) is 8.09. The van der Waals surface area contributed by atoms with Gasteiger partial charge in [-0.25, -0.2) is 8.42 Å². The van der Waals surface area contributed by atoms with E-state index in [0.29, 0.717) is 12.3 Å². The minimum absolute atomic E-state index is 0.0236. The molecule has 1 aromatic carbocycles. The lowest BCUT2D eigenvalue weighted by molar-refractivity contribution is 0.110. The number of nitrogens with one attached hydrogen (secondary N) is 1. The van der Waals surface area contributed by atoms with Gasteiger partial charge in [0.05, 0.1) is 10.9 Å². The Balaban J connectivity index is 2.15. The highest BCUT2D eigenvalue weighted by molar-refractivity contribution is 7.93. The van der Waals surface area contributed by atoms with Gasteiger partial charge in [0.1, 0.15) is 0 Å². The number of benzene rings is 1. The van der Waals surface area contributed by atoms with Crippen LogP contribution in [0, 0.1) is 5.92 Å². The third kappa shape index (κ3) is 6.95. The number of likely N-dealkylation sites (tertiary alicyclic amines) is 1. The Bertz CT molecular complexity index is 764. The Kier molecular flexibility index (Phi) is 10.3. The van der Waals surface area contributed by atoms with Crippen molar-refractivity contribution in [2.24, 2.45) is 5.92 Å². The van der Waals surface area contributed by atoms with Crippen LogP contribution in [0.4, 0.5) is 5.69 Å². The molecule has 0 amide bonds. The molecule has 3 atom stereocenters. The molecule has 0 spiro atoms. The summed E-state index contributed by atoms with van der Waals surface area (Å²) in [6.45, 7) is 14.4. The highest BCUT2D eigenvalue weighted by Crippen LogP contribution is 2.43. The Hall–Kier alpha value is -1.07. The SMILES string of the molecule is CCCCCCN1CCC(C)(c2ccccc2NS(=O)(=O)C(CC)CCCC)C(C)C1. The summed E-state index contributed by atoms with van der Waals surface area (Å²) in [6.07, 6.45) is 9.61. The fraction of sp³-hybridized carbons (Fsp3) is 0.769. The number of sulfonamides is 1. The van der Waals surface area contributed by atoms with Gasteiger partial charge < -0.3 is 4.90 Å². The molecular formula is C26H46N2O2S. The molecule has 0 saturated carbocycles. The normalized spacial score (nSPS) is 23.6. The van der Waals surface area contributed by atoms with E-state index in [4.69, 9.17) is 0 Å². The number of nitrogens with zero attached hydrogens (tertiary/aromatic N) is 1. The molecule has 1 aromatic rings. The van der Waals surface area contributed by atoms with E-state index in [1.54, 1.807) is 0 Å². The van der Waals surface area contributed by atoms with E-state index < -0.39 is 10.0 Å². The maximum atomic E-state index is 13.2. The van der Waals surface area contributed by atoms with Gasteiger partial charge in [0.15, 0.2) is 0 Å². The van der Waals surface area contributed by atoms with Gasteiger partial charge in [-0.3, -0.25) is 4.72 Å². The summed E-state index contributed by atoms with van der Waals surface area (Å²) in [7, 11) is -3.39. The van der Waals surface area contributed by atoms with Crippen LogP contribution in [-0.2, 0) is 15.4 Å². The summed E-state index contributed by atoms with van der Waals surface area (Å²) >= 11 is 0. The molecular weight excluding hydrogens is 404 g/mol. The summed E-state index contributed by atoms with van der Waals surface area (Å²) in [4.78, 5) is 2.60. The van der Waals surface area contributed by atoms with Gasteiger partial charge in [-0.2, -0.15) is 0 Å². The molecule has 1 aliphatic rings. The number of piperidine rings is 1. The average molecular weight is 451 g/mol.